The van der Waals surface area contributed by atoms with E-state index in [1.54, 1.807) is 11.8 Å². The number of hydrogen-bond donors (Lipinski definition) is 1. The summed E-state index contributed by atoms with van der Waals surface area (Å²) in [6.07, 6.45) is 6.13. The number of nitrogens with zero attached hydrogens (tertiary/aromatic N) is 2. The minimum atomic E-state index is 0.540. The van der Waals surface area contributed by atoms with Crippen molar-refractivity contribution in [3.63, 3.8) is 0 Å². The van der Waals surface area contributed by atoms with Gasteiger partial charge >= 0.3 is 0 Å². The van der Waals surface area contributed by atoms with Gasteiger partial charge in [0.15, 0.2) is 0 Å². The highest BCUT2D eigenvalue weighted by Gasteiger charge is 2.27. The fourth-order valence-corrected chi connectivity index (χ4v) is 3.67. The smallest absolute Gasteiger partial charge is 0.135 e. The van der Waals surface area contributed by atoms with Gasteiger partial charge in [-0.1, -0.05) is 17.8 Å². The van der Waals surface area contributed by atoms with Crippen molar-refractivity contribution in [2.75, 3.05) is 5.73 Å². The summed E-state index contributed by atoms with van der Waals surface area (Å²) >= 11 is 1.70. The molecule has 0 bridgehead atoms. The van der Waals surface area contributed by atoms with Crippen molar-refractivity contribution in [3.05, 3.63) is 41.2 Å². The second-order valence-electron chi connectivity index (χ2n) is 5.65. The van der Waals surface area contributed by atoms with E-state index < -0.39 is 0 Å². The molecule has 0 amide bonds. The molecule has 0 aliphatic heterocycles. The summed E-state index contributed by atoms with van der Waals surface area (Å²) in [6.45, 7) is 0. The third kappa shape index (κ3) is 2.40. The fraction of sp³-hybridized carbons (Fsp3) is 0.375. The van der Waals surface area contributed by atoms with Gasteiger partial charge in [-0.2, -0.15) is 0 Å². The molecule has 0 unspecified atom stereocenters. The van der Waals surface area contributed by atoms with Crippen LogP contribution >= 0.6 is 11.8 Å². The average molecular weight is 283 g/mol. The molecule has 2 N–H and O–H groups in total. The molecular weight excluding hydrogens is 266 g/mol. The molecule has 102 valence electrons. The van der Waals surface area contributed by atoms with Gasteiger partial charge in [0, 0.05) is 16.9 Å². The minimum absolute atomic E-state index is 0.540. The molecule has 0 radical (unpaired) electrons. The summed E-state index contributed by atoms with van der Waals surface area (Å²) in [5, 5.41) is 0.970. The van der Waals surface area contributed by atoms with Crippen LogP contribution in [-0.2, 0) is 12.8 Å². The van der Waals surface area contributed by atoms with Crippen LogP contribution in [0.15, 0.2) is 34.2 Å². The van der Waals surface area contributed by atoms with E-state index >= 15 is 0 Å². The van der Waals surface area contributed by atoms with Crippen molar-refractivity contribution >= 4 is 17.6 Å². The molecule has 3 nitrogen and oxygen atoms in total. The van der Waals surface area contributed by atoms with Gasteiger partial charge in [-0.3, -0.25) is 0 Å². The van der Waals surface area contributed by atoms with E-state index in [-0.39, 0.29) is 0 Å². The van der Waals surface area contributed by atoms with E-state index in [1.807, 2.05) is 6.07 Å². The van der Waals surface area contributed by atoms with Crippen LogP contribution in [0.2, 0.25) is 0 Å². The van der Waals surface area contributed by atoms with Gasteiger partial charge in [0.05, 0.1) is 0 Å². The van der Waals surface area contributed by atoms with E-state index in [0.717, 1.165) is 10.9 Å². The summed E-state index contributed by atoms with van der Waals surface area (Å²) < 4.78 is 0. The highest BCUT2D eigenvalue weighted by atomic mass is 32.2. The highest BCUT2D eigenvalue weighted by Crippen LogP contribution is 2.39. The van der Waals surface area contributed by atoms with Crippen LogP contribution in [0.25, 0.3) is 0 Å². The molecule has 1 saturated carbocycles. The maximum Gasteiger partial charge on any atom is 0.135 e. The lowest BCUT2D eigenvalue weighted by atomic mass is 10.1. The lowest BCUT2D eigenvalue weighted by Gasteiger charge is -2.06. The van der Waals surface area contributed by atoms with Crippen LogP contribution < -0.4 is 5.73 Å². The van der Waals surface area contributed by atoms with Gasteiger partial charge < -0.3 is 5.73 Å². The molecule has 0 saturated heterocycles. The Labute approximate surface area is 123 Å². The molecule has 2 aromatic rings. The average Bonchev–Trinajstić information content (AvgIpc) is 3.17. The van der Waals surface area contributed by atoms with Crippen molar-refractivity contribution in [2.45, 2.75) is 47.9 Å². The van der Waals surface area contributed by atoms with Crippen LogP contribution in [0.1, 0.15) is 42.1 Å². The number of rotatable bonds is 3. The number of aryl methyl sites for hydroxylation is 2. The van der Waals surface area contributed by atoms with E-state index in [2.05, 4.69) is 28.2 Å². The van der Waals surface area contributed by atoms with Crippen LogP contribution in [-0.4, -0.2) is 9.97 Å². The Bertz CT molecular complexity index is 665. The fourth-order valence-electron chi connectivity index (χ4n) is 2.77. The Morgan fingerprint density at radius 3 is 2.75 bits per heavy atom. The SMILES string of the molecule is Nc1cc(Sc2ccc3c(c2)CCC3)nc(C2CC2)n1. The first kappa shape index (κ1) is 12.2. The standard InChI is InChI=1S/C16H17N3S/c17-14-9-15(19-16(18-14)11-4-5-11)20-13-7-6-10-2-1-3-12(10)8-13/h6-9,11H,1-5H2,(H2,17,18,19). The van der Waals surface area contributed by atoms with Crippen LogP contribution in [0, 0.1) is 0 Å². The molecule has 1 fully saturated rings. The molecule has 2 aliphatic rings. The van der Waals surface area contributed by atoms with Crippen LogP contribution in [0.4, 0.5) is 5.82 Å². The first-order chi connectivity index (χ1) is 9.78. The predicted molar refractivity (Wildman–Crippen MR) is 81.0 cm³/mol. The van der Waals surface area contributed by atoms with Crippen molar-refractivity contribution in [2.24, 2.45) is 0 Å². The maximum atomic E-state index is 5.90. The van der Waals surface area contributed by atoms with Gasteiger partial charge in [0.2, 0.25) is 0 Å². The van der Waals surface area contributed by atoms with E-state index in [4.69, 9.17) is 5.73 Å². The molecule has 1 heterocycles. The summed E-state index contributed by atoms with van der Waals surface area (Å²) in [5.41, 5.74) is 8.91. The quantitative estimate of drug-likeness (QED) is 0.875. The Morgan fingerprint density at radius 2 is 1.90 bits per heavy atom. The molecule has 4 rings (SSSR count). The van der Waals surface area contributed by atoms with E-state index in [1.165, 1.54) is 48.1 Å². The first-order valence-electron chi connectivity index (χ1n) is 7.22. The normalized spacial score (nSPS) is 17.2. The lowest BCUT2D eigenvalue weighted by molar-refractivity contribution is 0.883. The number of fused-ring (bicyclic) bond motifs is 1. The first-order valence-corrected chi connectivity index (χ1v) is 8.04. The summed E-state index contributed by atoms with van der Waals surface area (Å²) in [5.74, 6) is 2.05. The number of anilines is 1. The predicted octanol–water partition coefficient (Wildman–Crippen LogP) is 3.58. The minimum Gasteiger partial charge on any atom is -0.384 e. The topological polar surface area (TPSA) is 51.8 Å². The number of hydrogen-bond acceptors (Lipinski definition) is 4. The molecule has 4 heteroatoms. The zero-order chi connectivity index (χ0) is 13.5. The van der Waals surface area contributed by atoms with Gasteiger partial charge in [-0.15, -0.1) is 0 Å². The van der Waals surface area contributed by atoms with E-state index in [9.17, 15) is 0 Å². The van der Waals surface area contributed by atoms with Gasteiger partial charge in [-0.25, -0.2) is 9.97 Å². The third-order valence-electron chi connectivity index (χ3n) is 3.97. The zero-order valence-electron chi connectivity index (χ0n) is 11.3. The molecular formula is C16H17N3S. The Kier molecular flexibility index (Phi) is 2.91. The monoisotopic (exact) mass is 283 g/mol. The molecule has 0 atom stereocenters. The second kappa shape index (κ2) is 4.77. The van der Waals surface area contributed by atoms with Crippen molar-refractivity contribution < 1.29 is 0 Å². The Morgan fingerprint density at radius 1 is 1.05 bits per heavy atom. The van der Waals surface area contributed by atoms with Crippen molar-refractivity contribution in [1.29, 1.82) is 0 Å². The van der Waals surface area contributed by atoms with Crippen molar-refractivity contribution in [1.82, 2.24) is 9.97 Å². The third-order valence-corrected chi connectivity index (χ3v) is 4.88. The highest BCUT2D eigenvalue weighted by molar-refractivity contribution is 7.99. The zero-order valence-corrected chi connectivity index (χ0v) is 12.1. The summed E-state index contributed by atoms with van der Waals surface area (Å²) in [4.78, 5) is 10.3. The largest absolute Gasteiger partial charge is 0.384 e. The molecule has 2 aliphatic carbocycles. The van der Waals surface area contributed by atoms with Gasteiger partial charge in [0.1, 0.15) is 16.7 Å². The van der Waals surface area contributed by atoms with Gasteiger partial charge in [-0.05, 0) is 55.4 Å². The second-order valence-corrected chi connectivity index (χ2v) is 6.74. The molecule has 1 aromatic carbocycles. The summed E-state index contributed by atoms with van der Waals surface area (Å²) in [7, 11) is 0. The Hall–Kier alpha value is -1.55. The molecule has 1 aromatic heterocycles. The number of nitrogen functional groups attached to an aromatic ring is 1. The van der Waals surface area contributed by atoms with Crippen LogP contribution in [0.5, 0.6) is 0 Å². The maximum absolute atomic E-state index is 5.90. The van der Waals surface area contributed by atoms with Gasteiger partial charge in [0.25, 0.3) is 0 Å². The van der Waals surface area contributed by atoms with Crippen molar-refractivity contribution in [3.8, 4) is 0 Å². The Balaban J connectivity index is 1.62. The lowest BCUT2D eigenvalue weighted by Crippen LogP contribution is -1.99. The number of nitrogens with two attached hydrogens (primary N) is 1. The number of benzene rings is 1. The molecule has 20 heavy (non-hydrogen) atoms. The summed E-state index contributed by atoms with van der Waals surface area (Å²) in [6, 6.07) is 8.65. The molecule has 0 spiro atoms. The van der Waals surface area contributed by atoms with E-state index in [0.29, 0.717) is 11.7 Å². The van der Waals surface area contributed by atoms with Crippen LogP contribution in [0.3, 0.4) is 0 Å². The number of aromatic nitrogens is 2.